The van der Waals surface area contributed by atoms with Crippen molar-refractivity contribution in [3.8, 4) is 17.2 Å². The van der Waals surface area contributed by atoms with Gasteiger partial charge in [-0.25, -0.2) is 0 Å². The topological polar surface area (TPSA) is 115 Å². The Hall–Kier alpha value is -3.30. The van der Waals surface area contributed by atoms with Gasteiger partial charge in [-0.05, 0) is 60.1 Å². The summed E-state index contributed by atoms with van der Waals surface area (Å²) in [6.45, 7) is 10.3. The van der Waals surface area contributed by atoms with Gasteiger partial charge in [0.1, 0.15) is 0 Å². The number of ether oxygens (including phenoxy) is 3. The molecule has 1 fully saturated rings. The number of nitrogens with two attached hydrogens (primary N) is 1. The Labute approximate surface area is 249 Å². The summed E-state index contributed by atoms with van der Waals surface area (Å²) >= 11 is 0. The Balaban J connectivity index is 1.71. The van der Waals surface area contributed by atoms with Gasteiger partial charge in [0.2, 0.25) is 18.4 Å². The molecule has 2 aliphatic heterocycles. The SMILES string of the molecule is CCCCN(C(=O)CN1C[C@H](c2cc(OC)c3c(c2)OCO3)C(C(=O)O)[C@@H]1CC(C)(C)CCC)c1cccc(CN)c1. The highest BCUT2D eigenvalue weighted by Crippen LogP contribution is 2.48. The van der Waals surface area contributed by atoms with E-state index >= 15 is 0 Å². The molecule has 2 aliphatic rings. The summed E-state index contributed by atoms with van der Waals surface area (Å²) in [5.74, 6) is -0.352. The van der Waals surface area contributed by atoms with Gasteiger partial charge < -0.3 is 30.0 Å². The largest absolute Gasteiger partial charge is 0.493 e. The van der Waals surface area contributed by atoms with E-state index in [2.05, 4.69) is 32.6 Å². The Morgan fingerprint density at radius 1 is 1.17 bits per heavy atom. The third-order valence-corrected chi connectivity index (χ3v) is 8.66. The van der Waals surface area contributed by atoms with Crippen LogP contribution in [0.25, 0.3) is 0 Å². The molecule has 42 heavy (non-hydrogen) atoms. The van der Waals surface area contributed by atoms with Crippen LogP contribution in [0.1, 0.15) is 76.8 Å². The average Bonchev–Trinajstić information content (AvgIpc) is 3.57. The van der Waals surface area contributed by atoms with Gasteiger partial charge in [-0.3, -0.25) is 14.5 Å². The van der Waals surface area contributed by atoms with Gasteiger partial charge in [-0.2, -0.15) is 0 Å². The van der Waals surface area contributed by atoms with Crippen LogP contribution >= 0.6 is 0 Å². The van der Waals surface area contributed by atoms with Crippen LogP contribution in [0.15, 0.2) is 36.4 Å². The van der Waals surface area contributed by atoms with Crippen LogP contribution in [-0.4, -0.2) is 61.5 Å². The lowest BCUT2D eigenvalue weighted by Gasteiger charge is -2.35. The van der Waals surface area contributed by atoms with Crippen molar-refractivity contribution in [2.45, 2.75) is 78.3 Å². The molecule has 2 heterocycles. The number of hydrogen-bond acceptors (Lipinski definition) is 7. The molecule has 0 spiro atoms. The highest BCUT2D eigenvalue weighted by molar-refractivity contribution is 5.95. The number of carboxylic acid groups (broad SMARTS) is 1. The molecule has 3 atom stereocenters. The Kier molecular flexibility index (Phi) is 10.4. The maximum atomic E-state index is 14.1. The maximum Gasteiger partial charge on any atom is 0.308 e. The number of nitrogens with zero attached hydrogens (tertiary/aromatic N) is 2. The minimum Gasteiger partial charge on any atom is -0.493 e. The zero-order valence-corrected chi connectivity index (χ0v) is 25.7. The number of carboxylic acids is 1. The van der Waals surface area contributed by atoms with Crippen LogP contribution in [0.2, 0.25) is 0 Å². The van der Waals surface area contributed by atoms with Crippen molar-refractivity contribution in [3.05, 3.63) is 47.5 Å². The Morgan fingerprint density at radius 2 is 1.95 bits per heavy atom. The first-order valence-corrected chi connectivity index (χ1v) is 15.2. The molecule has 1 saturated heterocycles. The number of hydrogen-bond donors (Lipinski definition) is 2. The molecule has 9 nitrogen and oxygen atoms in total. The van der Waals surface area contributed by atoms with E-state index in [1.165, 1.54) is 0 Å². The lowest BCUT2D eigenvalue weighted by atomic mass is 9.76. The van der Waals surface area contributed by atoms with Gasteiger partial charge in [0.25, 0.3) is 0 Å². The van der Waals surface area contributed by atoms with Crippen molar-refractivity contribution in [2.24, 2.45) is 17.1 Å². The lowest BCUT2D eigenvalue weighted by Crippen LogP contribution is -2.46. The van der Waals surface area contributed by atoms with E-state index in [0.29, 0.717) is 43.3 Å². The monoisotopic (exact) mass is 581 g/mol. The molecule has 2 aromatic carbocycles. The van der Waals surface area contributed by atoms with Crippen molar-refractivity contribution < 1.29 is 28.9 Å². The van der Waals surface area contributed by atoms with Gasteiger partial charge in [0.05, 0.1) is 19.6 Å². The van der Waals surface area contributed by atoms with Crippen LogP contribution in [0.5, 0.6) is 17.2 Å². The fraction of sp³-hybridized carbons (Fsp3) is 0.576. The molecule has 3 N–H and O–H groups in total. The summed E-state index contributed by atoms with van der Waals surface area (Å²) < 4.78 is 16.8. The molecule has 230 valence electrons. The smallest absolute Gasteiger partial charge is 0.308 e. The number of methoxy groups -OCH3 is 1. The second kappa shape index (κ2) is 13.8. The van der Waals surface area contributed by atoms with Gasteiger partial charge in [-0.15, -0.1) is 0 Å². The zero-order valence-electron chi connectivity index (χ0n) is 25.7. The number of likely N-dealkylation sites (tertiary alicyclic amines) is 1. The third kappa shape index (κ3) is 7.01. The first-order valence-electron chi connectivity index (χ1n) is 15.2. The molecule has 0 saturated carbocycles. The number of unbranched alkanes of at least 4 members (excludes halogenated alkanes) is 1. The van der Waals surface area contributed by atoms with Crippen LogP contribution in [0.3, 0.4) is 0 Å². The van der Waals surface area contributed by atoms with Gasteiger partial charge in [-0.1, -0.05) is 52.7 Å². The summed E-state index contributed by atoms with van der Waals surface area (Å²) in [6, 6.07) is 11.2. The minimum atomic E-state index is -0.859. The predicted molar refractivity (Wildman–Crippen MR) is 163 cm³/mol. The summed E-state index contributed by atoms with van der Waals surface area (Å²) in [5, 5.41) is 10.7. The molecular weight excluding hydrogens is 534 g/mol. The zero-order chi connectivity index (χ0) is 30.4. The quantitative estimate of drug-likeness (QED) is 0.305. The fourth-order valence-corrected chi connectivity index (χ4v) is 6.62. The normalized spacial score (nSPS) is 20.1. The van der Waals surface area contributed by atoms with Crippen LogP contribution in [0.4, 0.5) is 5.69 Å². The first-order chi connectivity index (χ1) is 20.1. The number of carbonyl (C=O) groups excluding carboxylic acids is 1. The van der Waals surface area contributed by atoms with Crippen molar-refractivity contribution in [1.82, 2.24) is 4.90 Å². The highest BCUT2D eigenvalue weighted by Gasteiger charge is 2.49. The van der Waals surface area contributed by atoms with Crippen molar-refractivity contribution >= 4 is 17.6 Å². The second-order valence-electron chi connectivity index (χ2n) is 12.3. The first kappa shape index (κ1) is 31.6. The lowest BCUT2D eigenvalue weighted by molar-refractivity contribution is -0.143. The highest BCUT2D eigenvalue weighted by atomic mass is 16.7. The maximum absolute atomic E-state index is 14.1. The molecule has 2 aromatic rings. The number of benzene rings is 2. The Morgan fingerprint density at radius 3 is 2.62 bits per heavy atom. The van der Waals surface area contributed by atoms with E-state index in [4.69, 9.17) is 19.9 Å². The standard InChI is InChI=1S/C33H47N3O6/c1-6-8-13-36(24-11-9-10-22(14-24)18-34)29(37)20-35-19-25(23-15-27(40-5)31-28(16-23)41-21-42-31)30(32(38)39)26(35)17-33(3,4)12-7-2/h9-11,14-16,25-26,30H,6-8,12-13,17-21,34H2,1-5H3,(H,38,39)/t25-,26+,30?/m1/s1. The van der Waals surface area contributed by atoms with Gasteiger partial charge in [0.15, 0.2) is 11.5 Å². The number of amides is 1. The molecule has 0 aromatic heterocycles. The predicted octanol–water partition coefficient (Wildman–Crippen LogP) is 5.40. The fourth-order valence-electron chi connectivity index (χ4n) is 6.62. The summed E-state index contributed by atoms with van der Waals surface area (Å²) in [4.78, 5) is 31.0. The van der Waals surface area contributed by atoms with Crippen LogP contribution in [-0.2, 0) is 16.1 Å². The summed E-state index contributed by atoms with van der Waals surface area (Å²) in [7, 11) is 1.57. The number of anilines is 1. The molecule has 0 radical (unpaired) electrons. The number of fused-ring (bicyclic) bond motifs is 1. The third-order valence-electron chi connectivity index (χ3n) is 8.66. The van der Waals surface area contributed by atoms with Crippen molar-refractivity contribution in [3.63, 3.8) is 0 Å². The number of aliphatic carboxylic acids is 1. The van der Waals surface area contributed by atoms with Gasteiger partial charge in [0, 0.05) is 37.3 Å². The van der Waals surface area contributed by atoms with Gasteiger partial charge >= 0.3 is 5.97 Å². The summed E-state index contributed by atoms with van der Waals surface area (Å²) in [5.41, 5.74) is 8.42. The van der Waals surface area contributed by atoms with Crippen LogP contribution < -0.4 is 24.8 Å². The molecule has 1 unspecified atom stereocenters. The number of carbonyl (C=O) groups is 2. The number of rotatable bonds is 14. The van der Waals surface area contributed by atoms with E-state index in [1.54, 1.807) is 7.11 Å². The van der Waals surface area contributed by atoms with E-state index in [1.807, 2.05) is 41.3 Å². The molecule has 0 aliphatic carbocycles. The summed E-state index contributed by atoms with van der Waals surface area (Å²) in [6.07, 6.45) is 4.45. The van der Waals surface area contributed by atoms with E-state index in [9.17, 15) is 14.7 Å². The average molecular weight is 582 g/mol. The van der Waals surface area contributed by atoms with E-state index < -0.39 is 11.9 Å². The van der Waals surface area contributed by atoms with E-state index in [-0.39, 0.29) is 36.6 Å². The molecule has 9 heteroatoms. The molecular formula is C33H47N3O6. The van der Waals surface area contributed by atoms with Crippen LogP contribution in [0, 0.1) is 11.3 Å². The molecule has 4 rings (SSSR count). The second-order valence-corrected chi connectivity index (χ2v) is 12.3. The minimum absolute atomic E-state index is 0.0380. The molecule has 0 bridgehead atoms. The van der Waals surface area contributed by atoms with Crippen molar-refractivity contribution in [1.29, 1.82) is 0 Å². The molecule has 1 amide bonds. The van der Waals surface area contributed by atoms with E-state index in [0.717, 1.165) is 42.5 Å². The van der Waals surface area contributed by atoms with Crippen molar-refractivity contribution in [2.75, 3.05) is 38.4 Å². The Bertz CT molecular complexity index is 1250.